The maximum atomic E-state index is 13.5. The minimum Gasteiger partial charge on any atom is -0.496 e. The van der Waals surface area contributed by atoms with Crippen LogP contribution in [0.5, 0.6) is 11.5 Å². The fourth-order valence-corrected chi connectivity index (χ4v) is 3.67. The Hall–Kier alpha value is -3.81. The van der Waals surface area contributed by atoms with E-state index in [1.54, 1.807) is 18.9 Å². The van der Waals surface area contributed by atoms with E-state index in [1.165, 1.54) is 6.33 Å². The van der Waals surface area contributed by atoms with Gasteiger partial charge in [-0.25, -0.2) is 4.68 Å². The van der Waals surface area contributed by atoms with Gasteiger partial charge in [-0.05, 0) is 37.6 Å². The second-order valence-electron chi connectivity index (χ2n) is 6.99. The van der Waals surface area contributed by atoms with Gasteiger partial charge < -0.3 is 20.1 Å². The monoisotopic (exact) mass is 405 g/mol. The molecule has 0 saturated carbocycles. The van der Waals surface area contributed by atoms with Gasteiger partial charge in [-0.15, -0.1) is 0 Å². The van der Waals surface area contributed by atoms with Gasteiger partial charge in [-0.1, -0.05) is 24.3 Å². The van der Waals surface area contributed by atoms with Crippen LogP contribution in [0.25, 0.3) is 0 Å². The van der Waals surface area contributed by atoms with Crippen molar-refractivity contribution in [1.29, 1.82) is 0 Å². The van der Waals surface area contributed by atoms with Crippen LogP contribution in [0.1, 0.15) is 24.1 Å². The number of fused-ring (bicyclic) bond motifs is 1. The Balaban J connectivity index is 1.80. The number of nitrogens with one attached hydrogen (secondary N) is 2. The Kier molecular flexibility index (Phi) is 5.14. The average molecular weight is 405 g/mol. The molecule has 8 nitrogen and oxygen atoms in total. The Morgan fingerprint density at radius 3 is 2.63 bits per heavy atom. The number of hydrogen-bond donors (Lipinski definition) is 2. The summed E-state index contributed by atoms with van der Waals surface area (Å²) in [5, 5.41) is 10.5. The third kappa shape index (κ3) is 3.36. The molecule has 0 bridgehead atoms. The fraction of sp³-hybridized carbons (Fsp3) is 0.227. The maximum Gasteiger partial charge on any atom is 0.255 e. The molecule has 30 heavy (non-hydrogen) atoms. The van der Waals surface area contributed by atoms with Gasteiger partial charge in [0.05, 0.1) is 25.5 Å². The molecule has 1 aliphatic heterocycles. The van der Waals surface area contributed by atoms with E-state index in [0.29, 0.717) is 34.4 Å². The van der Waals surface area contributed by atoms with Crippen LogP contribution >= 0.6 is 0 Å². The first kappa shape index (κ1) is 19.5. The minimum atomic E-state index is -0.504. The first-order chi connectivity index (χ1) is 14.5. The second kappa shape index (κ2) is 7.90. The predicted octanol–water partition coefficient (Wildman–Crippen LogP) is 3.53. The number of rotatable bonds is 5. The average Bonchev–Trinajstić information content (AvgIpc) is 3.20. The van der Waals surface area contributed by atoms with Crippen LogP contribution in [0.3, 0.4) is 0 Å². The lowest BCUT2D eigenvalue weighted by atomic mass is 9.94. The molecule has 2 N–H and O–H groups in total. The van der Waals surface area contributed by atoms with Crippen molar-refractivity contribution in [2.45, 2.75) is 19.9 Å². The number of benzene rings is 2. The molecule has 0 fully saturated rings. The zero-order valence-electron chi connectivity index (χ0n) is 17.3. The highest BCUT2D eigenvalue weighted by Gasteiger charge is 2.35. The van der Waals surface area contributed by atoms with Crippen LogP contribution in [-0.4, -0.2) is 34.9 Å². The SMILES string of the molecule is COc1ccc(C)cc1NC(=O)C1=C(C)Nc2ncnn2C1c1ccccc1OC. The minimum absolute atomic E-state index is 0.263. The number of aromatic nitrogens is 3. The molecule has 0 radical (unpaired) electrons. The van der Waals surface area contributed by atoms with Crippen LogP contribution in [0, 0.1) is 6.92 Å². The van der Waals surface area contributed by atoms with Gasteiger partial charge in [0.2, 0.25) is 5.95 Å². The number of amides is 1. The number of anilines is 2. The van der Waals surface area contributed by atoms with Crippen molar-refractivity contribution in [3.63, 3.8) is 0 Å². The summed E-state index contributed by atoms with van der Waals surface area (Å²) in [5.41, 5.74) is 3.63. The Morgan fingerprint density at radius 1 is 1.10 bits per heavy atom. The molecular formula is C22H23N5O3. The zero-order valence-corrected chi connectivity index (χ0v) is 17.3. The molecule has 3 aromatic rings. The predicted molar refractivity (Wildman–Crippen MR) is 114 cm³/mol. The number of carbonyl (C=O) groups is 1. The highest BCUT2D eigenvalue weighted by atomic mass is 16.5. The van der Waals surface area contributed by atoms with Gasteiger partial charge >= 0.3 is 0 Å². The third-order valence-electron chi connectivity index (χ3n) is 5.08. The second-order valence-corrected chi connectivity index (χ2v) is 6.99. The maximum absolute atomic E-state index is 13.5. The van der Waals surface area contributed by atoms with E-state index in [-0.39, 0.29) is 5.91 Å². The van der Waals surface area contributed by atoms with E-state index >= 15 is 0 Å². The molecule has 1 unspecified atom stereocenters. The molecule has 2 heterocycles. The number of methoxy groups -OCH3 is 2. The molecule has 1 aliphatic rings. The summed E-state index contributed by atoms with van der Waals surface area (Å²) < 4.78 is 12.7. The molecule has 8 heteroatoms. The molecule has 1 atom stereocenters. The number of allylic oxidation sites excluding steroid dienone is 1. The highest BCUT2D eigenvalue weighted by molar-refractivity contribution is 6.06. The lowest BCUT2D eigenvalue weighted by molar-refractivity contribution is -0.113. The topological polar surface area (TPSA) is 90.3 Å². The van der Waals surface area contributed by atoms with Crippen LogP contribution in [0.2, 0.25) is 0 Å². The summed E-state index contributed by atoms with van der Waals surface area (Å²) in [4.78, 5) is 17.8. The van der Waals surface area contributed by atoms with E-state index < -0.39 is 6.04 Å². The summed E-state index contributed by atoms with van der Waals surface area (Å²) >= 11 is 0. The van der Waals surface area contributed by atoms with E-state index in [1.807, 2.05) is 56.3 Å². The number of hydrogen-bond acceptors (Lipinski definition) is 6. The molecule has 154 valence electrons. The molecule has 0 spiro atoms. The van der Waals surface area contributed by atoms with Crippen molar-refractivity contribution < 1.29 is 14.3 Å². The van der Waals surface area contributed by atoms with Gasteiger partial charge in [0.25, 0.3) is 5.91 Å². The van der Waals surface area contributed by atoms with Crippen molar-refractivity contribution in [3.05, 3.63) is 71.2 Å². The number of nitrogens with zero attached hydrogens (tertiary/aromatic N) is 3. The Labute approximate surface area is 174 Å². The summed E-state index contributed by atoms with van der Waals surface area (Å²) in [6.45, 7) is 3.81. The fourth-order valence-electron chi connectivity index (χ4n) is 3.67. The summed E-state index contributed by atoms with van der Waals surface area (Å²) in [5.74, 6) is 1.55. The van der Waals surface area contributed by atoms with Crippen LogP contribution in [-0.2, 0) is 4.79 Å². The van der Waals surface area contributed by atoms with Gasteiger partial charge in [0.1, 0.15) is 23.9 Å². The summed E-state index contributed by atoms with van der Waals surface area (Å²) in [6.07, 6.45) is 1.46. The largest absolute Gasteiger partial charge is 0.496 e. The number of para-hydroxylation sites is 1. The number of carbonyl (C=O) groups excluding carboxylic acids is 1. The van der Waals surface area contributed by atoms with Crippen molar-refractivity contribution in [2.75, 3.05) is 24.9 Å². The third-order valence-corrected chi connectivity index (χ3v) is 5.08. The Bertz CT molecular complexity index is 1140. The van der Waals surface area contributed by atoms with Crippen LogP contribution in [0.15, 0.2) is 60.1 Å². The van der Waals surface area contributed by atoms with Crippen LogP contribution < -0.4 is 20.1 Å². The van der Waals surface area contributed by atoms with Crippen molar-refractivity contribution in [2.24, 2.45) is 0 Å². The first-order valence-corrected chi connectivity index (χ1v) is 9.49. The van der Waals surface area contributed by atoms with Crippen molar-refractivity contribution >= 4 is 17.5 Å². The highest BCUT2D eigenvalue weighted by Crippen LogP contribution is 2.39. The number of aryl methyl sites for hydroxylation is 1. The molecule has 2 aromatic carbocycles. The van der Waals surface area contributed by atoms with Gasteiger partial charge in [0.15, 0.2) is 0 Å². The van der Waals surface area contributed by atoms with Gasteiger partial charge in [0, 0.05) is 11.3 Å². The van der Waals surface area contributed by atoms with Crippen molar-refractivity contribution in [3.8, 4) is 11.5 Å². The first-order valence-electron chi connectivity index (χ1n) is 9.49. The van der Waals surface area contributed by atoms with E-state index in [9.17, 15) is 4.79 Å². The van der Waals surface area contributed by atoms with E-state index in [0.717, 1.165) is 11.1 Å². The molecule has 0 saturated heterocycles. The van der Waals surface area contributed by atoms with Crippen molar-refractivity contribution in [1.82, 2.24) is 14.8 Å². The summed E-state index contributed by atoms with van der Waals surface area (Å²) in [6, 6.07) is 12.7. The standard InChI is InChI=1S/C22H23N5O3/c1-13-9-10-18(30-4)16(11-13)26-21(28)19-14(2)25-22-23-12-24-27(22)20(19)15-7-5-6-8-17(15)29-3/h5-12,20H,1-4H3,(H,26,28)(H,23,24,25). The number of ether oxygens (including phenoxy) is 2. The molecule has 4 rings (SSSR count). The molecule has 0 aliphatic carbocycles. The normalized spacial score (nSPS) is 15.3. The lowest BCUT2D eigenvalue weighted by Crippen LogP contribution is -2.31. The van der Waals surface area contributed by atoms with E-state index in [2.05, 4.69) is 20.7 Å². The Morgan fingerprint density at radius 2 is 1.87 bits per heavy atom. The van der Waals surface area contributed by atoms with E-state index in [4.69, 9.17) is 9.47 Å². The zero-order chi connectivity index (χ0) is 21.3. The quantitative estimate of drug-likeness (QED) is 0.675. The molecular weight excluding hydrogens is 382 g/mol. The smallest absolute Gasteiger partial charge is 0.255 e. The summed E-state index contributed by atoms with van der Waals surface area (Å²) in [7, 11) is 3.18. The lowest BCUT2D eigenvalue weighted by Gasteiger charge is -2.29. The van der Waals surface area contributed by atoms with Crippen LogP contribution in [0.4, 0.5) is 11.6 Å². The molecule has 1 amide bonds. The molecule has 1 aromatic heterocycles. The van der Waals surface area contributed by atoms with Gasteiger partial charge in [-0.3, -0.25) is 4.79 Å². The van der Waals surface area contributed by atoms with Gasteiger partial charge in [-0.2, -0.15) is 10.1 Å².